The third-order valence-corrected chi connectivity index (χ3v) is 4.68. The lowest BCUT2D eigenvalue weighted by atomic mass is 10.1. The van der Waals surface area contributed by atoms with Crippen LogP contribution in [0.15, 0.2) is 60.8 Å². The average molecular weight is 397 g/mol. The first-order valence-corrected chi connectivity index (χ1v) is 9.45. The Bertz CT molecular complexity index is 1280. The molecular weight excluding hydrogens is 378 g/mol. The van der Waals surface area contributed by atoms with Gasteiger partial charge in [0.25, 0.3) is 0 Å². The summed E-state index contributed by atoms with van der Waals surface area (Å²) < 4.78 is 3.63. The number of aryl methyl sites for hydroxylation is 2. The molecule has 0 fully saturated rings. The maximum Gasteiger partial charge on any atom is 0.248 e. The number of nitrogens with zero attached hydrogens (tertiary/aromatic N) is 6. The van der Waals surface area contributed by atoms with Gasteiger partial charge in [-0.3, -0.25) is 4.79 Å². The van der Waals surface area contributed by atoms with Gasteiger partial charge < -0.3 is 9.88 Å². The topological polar surface area (TPSA) is 101 Å². The molecule has 0 unspecified atom stereocenters. The summed E-state index contributed by atoms with van der Waals surface area (Å²) in [5.74, 6) is 0.417. The number of rotatable bonds is 6. The molecule has 30 heavy (non-hydrogen) atoms. The first-order valence-electron chi connectivity index (χ1n) is 9.45. The number of anilines is 1. The highest BCUT2D eigenvalue weighted by Crippen LogP contribution is 2.23. The third kappa shape index (κ3) is 3.95. The molecule has 4 aromatic rings. The average Bonchev–Trinajstić information content (AvgIpc) is 3.34. The van der Waals surface area contributed by atoms with E-state index in [1.165, 1.54) is 6.08 Å². The molecule has 148 valence electrons. The number of nitriles is 1. The second-order valence-corrected chi connectivity index (χ2v) is 6.71. The molecule has 0 saturated carbocycles. The van der Waals surface area contributed by atoms with E-state index in [0.717, 1.165) is 22.2 Å². The fourth-order valence-electron chi connectivity index (χ4n) is 3.30. The molecule has 1 N–H and O–H groups in total. The van der Waals surface area contributed by atoms with Gasteiger partial charge in [-0.05, 0) is 47.7 Å². The molecule has 2 aromatic heterocycles. The quantitative estimate of drug-likeness (QED) is 0.502. The molecule has 8 nitrogen and oxygen atoms in total. The molecule has 8 heteroatoms. The van der Waals surface area contributed by atoms with Crippen LogP contribution >= 0.6 is 0 Å². The number of nitrogens with one attached hydrogen (secondary N) is 1. The second-order valence-electron chi connectivity index (χ2n) is 6.71. The molecule has 0 atom stereocenters. The van der Waals surface area contributed by atoms with E-state index in [0.29, 0.717) is 24.5 Å². The molecule has 0 saturated heterocycles. The van der Waals surface area contributed by atoms with E-state index >= 15 is 0 Å². The van der Waals surface area contributed by atoms with E-state index in [9.17, 15) is 4.79 Å². The van der Waals surface area contributed by atoms with Gasteiger partial charge in [-0.2, -0.15) is 9.94 Å². The predicted molar refractivity (Wildman–Crippen MR) is 114 cm³/mol. The summed E-state index contributed by atoms with van der Waals surface area (Å²) in [6, 6.07) is 17.4. The Kier molecular flexibility index (Phi) is 5.35. The van der Waals surface area contributed by atoms with Gasteiger partial charge in [0, 0.05) is 41.0 Å². The van der Waals surface area contributed by atoms with Crippen LogP contribution in [0.25, 0.3) is 22.7 Å². The van der Waals surface area contributed by atoms with E-state index < -0.39 is 0 Å². The zero-order chi connectivity index (χ0) is 20.9. The minimum Gasteiger partial charge on any atom is -0.346 e. The number of tetrazole rings is 1. The maximum absolute atomic E-state index is 12.5. The van der Waals surface area contributed by atoms with Gasteiger partial charge in [-0.1, -0.05) is 24.3 Å². The van der Waals surface area contributed by atoms with Gasteiger partial charge in [0.05, 0.1) is 18.2 Å². The van der Waals surface area contributed by atoms with Crippen molar-refractivity contribution in [1.82, 2.24) is 24.8 Å². The highest BCUT2D eigenvalue weighted by molar-refractivity contribution is 6.03. The van der Waals surface area contributed by atoms with Crippen LogP contribution in [0, 0.1) is 18.3 Å². The Labute approximate surface area is 173 Å². The summed E-state index contributed by atoms with van der Waals surface area (Å²) in [5, 5.41) is 24.2. The lowest BCUT2D eigenvalue weighted by molar-refractivity contribution is -0.111. The zero-order valence-electron chi connectivity index (χ0n) is 16.4. The number of fused-ring (bicyclic) bond motifs is 1. The van der Waals surface area contributed by atoms with Crippen LogP contribution in [0.2, 0.25) is 0 Å². The summed E-state index contributed by atoms with van der Waals surface area (Å²) in [5.41, 5.74) is 3.38. The van der Waals surface area contributed by atoms with Gasteiger partial charge in [0.15, 0.2) is 5.82 Å². The number of hydrogen-bond acceptors (Lipinski definition) is 5. The van der Waals surface area contributed by atoms with E-state index in [4.69, 9.17) is 5.26 Å². The monoisotopic (exact) mass is 397 g/mol. The summed E-state index contributed by atoms with van der Waals surface area (Å²) in [4.78, 5) is 12.5. The van der Waals surface area contributed by atoms with Gasteiger partial charge >= 0.3 is 0 Å². The van der Waals surface area contributed by atoms with Crippen LogP contribution in [-0.2, 0) is 11.3 Å². The molecular formula is C22H19N7O. The van der Waals surface area contributed by atoms with Crippen molar-refractivity contribution in [2.75, 3.05) is 5.32 Å². The molecule has 2 heterocycles. The Hall–Kier alpha value is -4.25. The molecule has 0 spiro atoms. The number of carbonyl (C=O) groups excluding carboxylic acids is 1. The molecule has 0 aliphatic rings. The fourth-order valence-corrected chi connectivity index (χ4v) is 3.30. The van der Waals surface area contributed by atoms with E-state index in [1.54, 1.807) is 17.7 Å². The highest BCUT2D eigenvalue weighted by atomic mass is 16.1. The van der Waals surface area contributed by atoms with Crippen molar-refractivity contribution in [3.63, 3.8) is 0 Å². The highest BCUT2D eigenvalue weighted by Gasteiger charge is 2.08. The summed E-state index contributed by atoms with van der Waals surface area (Å²) in [7, 11) is 0. The SMILES string of the molecule is Cc1nnnn1-c1cccc(NC(=O)/C=C/c2cn(CCC#N)c3ccccc23)c1. The third-order valence-electron chi connectivity index (χ3n) is 4.68. The number of hydrogen-bond donors (Lipinski definition) is 1. The fraction of sp³-hybridized carbons (Fsp3) is 0.136. The van der Waals surface area contributed by atoms with E-state index in [2.05, 4.69) is 26.9 Å². The molecule has 0 aliphatic carbocycles. The van der Waals surface area contributed by atoms with Gasteiger partial charge in [0.1, 0.15) is 0 Å². The Morgan fingerprint density at radius 3 is 2.90 bits per heavy atom. The molecule has 2 aromatic carbocycles. The Balaban J connectivity index is 1.52. The van der Waals surface area contributed by atoms with Crippen molar-refractivity contribution in [2.24, 2.45) is 0 Å². The number of carbonyl (C=O) groups is 1. The van der Waals surface area contributed by atoms with Crippen LogP contribution in [0.3, 0.4) is 0 Å². The van der Waals surface area contributed by atoms with Crippen molar-refractivity contribution in [1.29, 1.82) is 5.26 Å². The molecule has 0 aliphatic heterocycles. The van der Waals surface area contributed by atoms with Gasteiger partial charge in [0.2, 0.25) is 5.91 Å². The van der Waals surface area contributed by atoms with Crippen molar-refractivity contribution in [3.8, 4) is 11.8 Å². The predicted octanol–water partition coefficient (Wildman–Crippen LogP) is 3.49. The Morgan fingerprint density at radius 2 is 2.10 bits per heavy atom. The number of benzene rings is 2. The van der Waals surface area contributed by atoms with Crippen molar-refractivity contribution in [3.05, 3.63) is 72.2 Å². The van der Waals surface area contributed by atoms with E-state index in [-0.39, 0.29) is 5.91 Å². The second kappa shape index (κ2) is 8.41. The van der Waals surface area contributed by atoms with Gasteiger partial charge in [-0.25, -0.2) is 0 Å². The Morgan fingerprint density at radius 1 is 1.23 bits per heavy atom. The maximum atomic E-state index is 12.5. The lowest BCUT2D eigenvalue weighted by Gasteiger charge is -2.06. The summed E-state index contributed by atoms with van der Waals surface area (Å²) in [6.07, 6.45) is 5.69. The van der Waals surface area contributed by atoms with E-state index in [1.807, 2.05) is 59.3 Å². The standard InChI is InChI=1S/C22H19N7O/c1-16-25-26-27-29(16)19-7-4-6-18(14-19)24-22(30)11-10-17-15-28(13-5-12-23)21-9-3-2-8-20(17)21/h2-4,6-11,14-15H,5,13H2,1H3,(H,24,30)/b11-10+. The summed E-state index contributed by atoms with van der Waals surface area (Å²) in [6.45, 7) is 2.42. The van der Waals surface area contributed by atoms with Crippen LogP contribution in [0.5, 0.6) is 0 Å². The van der Waals surface area contributed by atoms with Crippen molar-refractivity contribution >= 4 is 28.6 Å². The van der Waals surface area contributed by atoms with Crippen molar-refractivity contribution < 1.29 is 4.79 Å². The first kappa shape index (κ1) is 19.1. The lowest BCUT2D eigenvalue weighted by Crippen LogP contribution is -2.08. The number of amides is 1. The minimum atomic E-state index is -0.241. The molecule has 1 amide bonds. The van der Waals surface area contributed by atoms with Crippen LogP contribution < -0.4 is 5.32 Å². The first-order chi connectivity index (χ1) is 14.7. The number of para-hydroxylation sites is 1. The normalized spacial score (nSPS) is 11.1. The molecule has 0 bridgehead atoms. The largest absolute Gasteiger partial charge is 0.346 e. The van der Waals surface area contributed by atoms with Crippen LogP contribution in [0.1, 0.15) is 17.8 Å². The molecule has 4 rings (SSSR count). The summed E-state index contributed by atoms with van der Waals surface area (Å²) >= 11 is 0. The number of aromatic nitrogens is 5. The van der Waals surface area contributed by atoms with Crippen LogP contribution in [-0.4, -0.2) is 30.7 Å². The smallest absolute Gasteiger partial charge is 0.248 e. The van der Waals surface area contributed by atoms with Crippen LogP contribution in [0.4, 0.5) is 5.69 Å². The zero-order valence-corrected chi connectivity index (χ0v) is 16.4. The molecule has 0 radical (unpaired) electrons. The van der Waals surface area contributed by atoms with Crippen molar-refractivity contribution in [2.45, 2.75) is 19.9 Å². The van der Waals surface area contributed by atoms with Gasteiger partial charge in [-0.15, -0.1) is 5.10 Å². The minimum absolute atomic E-state index is 0.241.